The first-order valence-corrected chi connectivity index (χ1v) is 6.87. The summed E-state index contributed by atoms with van der Waals surface area (Å²) in [7, 11) is 0. The maximum absolute atomic E-state index is 11.8. The molecule has 0 aliphatic rings. The van der Waals surface area contributed by atoms with Gasteiger partial charge in [0.1, 0.15) is 10.0 Å². The van der Waals surface area contributed by atoms with Crippen LogP contribution in [-0.4, -0.2) is 22.4 Å². The molecule has 2 aromatic heterocycles. The fourth-order valence-electron chi connectivity index (χ4n) is 1.58. The number of halogens is 1. The van der Waals surface area contributed by atoms with Crippen LogP contribution < -0.4 is 4.90 Å². The van der Waals surface area contributed by atoms with E-state index in [1.165, 1.54) is 17.4 Å². The van der Waals surface area contributed by atoms with Crippen molar-refractivity contribution in [3.8, 4) is 10.6 Å². The number of anilines is 1. The summed E-state index contributed by atoms with van der Waals surface area (Å²) < 4.78 is 0. The van der Waals surface area contributed by atoms with Crippen LogP contribution in [0, 0.1) is 0 Å². The highest BCUT2D eigenvalue weighted by Crippen LogP contribution is 2.37. The topological polar surface area (TPSA) is 46.1 Å². The predicted octanol–water partition coefficient (Wildman–Crippen LogP) is 3.40. The van der Waals surface area contributed by atoms with E-state index in [1.54, 1.807) is 17.3 Å². The second-order valence-corrected chi connectivity index (χ2v) is 4.98. The van der Waals surface area contributed by atoms with Crippen molar-refractivity contribution in [3.63, 3.8) is 0 Å². The van der Waals surface area contributed by atoms with Gasteiger partial charge in [0, 0.05) is 24.5 Å². The summed E-state index contributed by atoms with van der Waals surface area (Å²) in [6.07, 6.45) is 4.67. The van der Waals surface area contributed by atoms with Crippen LogP contribution in [0.4, 0.5) is 5.00 Å². The molecule has 2 aromatic rings. The molecular weight excluding hydrogens is 282 g/mol. The Morgan fingerprint density at radius 2 is 2.42 bits per heavy atom. The molecule has 6 heteroatoms. The Kier molecular flexibility index (Phi) is 4.29. The summed E-state index contributed by atoms with van der Waals surface area (Å²) in [5.41, 5.74) is 0.878. The Balaban J connectivity index is 2.41. The molecule has 0 atom stereocenters. The van der Waals surface area contributed by atoms with E-state index < -0.39 is 0 Å². The molecule has 0 aliphatic carbocycles. The van der Waals surface area contributed by atoms with Crippen molar-refractivity contribution in [1.29, 1.82) is 0 Å². The van der Waals surface area contributed by atoms with Crippen molar-refractivity contribution in [2.45, 2.75) is 6.92 Å². The van der Waals surface area contributed by atoms with Crippen LogP contribution in [0.1, 0.15) is 6.92 Å². The van der Waals surface area contributed by atoms with Gasteiger partial charge in [-0.05, 0) is 25.1 Å². The standard InChI is InChI=1S/C13H12ClN3OS/c1-3-10(18)17(4-2)13-11(14)16-12(19-13)9-6-5-7-15-8-9/h3,5-8H,1,4H2,2H3. The summed E-state index contributed by atoms with van der Waals surface area (Å²) in [6.45, 7) is 5.88. The summed E-state index contributed by atoms with van der Waals surface area (Å²) in [5.74, 6) is -0.189. The zero-order chi connectivity index (χ0) is 13.8. The van der Waals surface area contributed by atoms with Gasteiger partial charge in [-0.15, -0.1) is 0 Å². The average Bonchev–Trinajstić information content (AvgIpc) is 2.82. The molecular formula is C13H12ClN3OS. The van der Waals surface area contributed by atoms with Gasteiger partial charge < -0.3 is 0 Å². The van der Waals surface area contributed by atoms with Gasteiger partial charge in [-0.1, -0.05) is 29.5 Å². The van der Waals surface area contributed by atoms with E-state index in [1.807, 2.05) is 19.1 Å². The zero-order valence-electron chi connectivity index (χ0n) is 10.3. The van der Waals surface area contributed by atoms with Gasteiger partial charge in [-0.2, -0.15) is 0 Å². The molecule has 0 aliphatic heterocycles. The number of likely N-dealkylation sites (N-methyl/N-ethyl adjacent to an activating group) is 1. The highest BCUT2D eigenvalue weighted by Gasteiger charge is 2.19. The lowest BCUT2D eigenvalue weighted by molar-refractivity contribution is -0.114. The van der Waals surface area contributed by atoms with Crippen molar-refractivity contribution in [1.82, 2.24) is 9.97 Å². The number of hydrogen-bond donors (Lipinski definition) is 0. The fourth-order valence-corrected chi connectivity index (χ4v) is 2.95. The lowest BCUT2D eigenvalue weighted by Crippen LogP contribution is -2.28. The Hall–Kier alpha value is -1.72. The number of rotatable bonds is 4. The Morgan fingerprint density at radius 3 is 3.00 bits per heavy atom. The molecule has 0 aromatic carbocycles. The van der Waals surface area contributed by atoms with Crippen molar-refractivity contribution >= 4 is 33.8 Å². The number of nitrogens with zero attached hydrogens (tertiary/aromatic N) is 3. The third-order valence-corrected chi connectivity index (χ3v) is 3.98. The van der Waals surface area contributed by atoms with Gasteiger partial charge in [-0.3, -0.25) is 14.7 Å². The van der Waals surface area contributed by atoms with Gasteiger partial charge in [-0.25, -0.2) is 4.98 Å². The Bertz CT molecular complexity index is 597. The number of amides is 1. The first-order valence-electron chi connectivity index (χ1n) is 5.68. The SMILES string of the molecule is C=CC(=O)N(CC)c1sc(-c2cccnc2)nc1Cl. The summed E-state index contributed by atoms with van der Waals surface area (Å²) >= 11 is 7.48. The lowest BCUT2D eigenvalue weighted by Gasteiger charge is -2.16. The Labute approximate surface area is 120 Å². The van der Waals surface area contributed by atoms with Crippen LogP contribution in [0.3, 0.4) is 0 Å². The molecule has 0 saturated carbocycles. The largest absolute Gasteiger partial charge is 0.298 e. The molecule has 0 fully saturated rings. The molecule has 98 valence electrons. The van der Waals surface area contributed by atoms with E-state index >= 15 is 0 Å². The van der Waals surface area contributed by atoms with Gasteiger partial charge in [0.15, 0.2) is 5.15 Å². The van der Waals surface area contributed by atoms with Crippen molar-refractivity contribution < 1.29 is 4.79 Å². The molecule has 2 heterocycles. The molecule has 0 N–H and O–H groups in total. The maximum Gasteiger partial charge on any atom is 0.251 e. The van der Waals surface area contributed by atoms with E-state index in [0.29, 0.717) is 16.7 Å². The summed E-state index contributed by atoms with van der Waals surface area (Å²) in [5, 5.41) is 1.69. The third kappa shape index (κ3) is 2.83. The minimum absolute atomic E-state index is 0.189. The number of pyridine rings is 1. The molecule has 0 spiro atoms. The van der Waals surface area contributed by atoms with E-state index in [4.69, 9.17) is 11.6 Å². The third-order valence-electron chi connectivity index (χ3n) is 2.48. The van der Waals surface area contributed by atoms with Crippen molar-refractivity contribution in [3.05, 3.63) is 42.3 Å². The number of carbonyl (C=O) groups excluding carboxylic acids is 1. The van der Waals surface area contributed by atoms with Crippen LogP contribution in [0.25, 0.3) is 10.6 Å². The molecule has 1 amide bonds. The van der Waals surface area contributed by atoms with Gasteiger partial charge >= 0.3 is 0 Å². The molecule has 4 nitrogen and oxygen atoms in total. The minimum atomic E-state index is -0.189. The molecule has 0 saturated heterocycles. The second kappa shape index (κ2) is 5.95. The number of thiazole rings is 1. The first-order chi connectivity index (χ1) is 9.17. The predicted molar refractivity (Wildman–Crippen MR) is 78.6 cm³/mol. The number of carbonyl (C=O) groups is 1. The molecule has 0 radical (unpaired) electrons. The van der Waals surface area contributed by atoms with Crippen molar-refractivity contribution in [2.75, 3.05) is 11.4 Å². The minimum Gasteiger partial charge on any atom is -0.298 e. The van der Waals surface area contributed by atoms with Gasteiger partial charge in [0.2, 0.25) is 0 Å². The molecule has 2 rings (SSSR count). The quantitative estimate of drug-likeness (QED) is 0.812. The number of aromatic nitrogens is 2. The molecule has 0 bridgehead atoms. The highest BCUT2D eigenvalue weighted by molar-refractivity contribution is 7.19. The van der Waals surface area contributed by atoms with Crippen LogP contribution in [-0.2, 0) is 4.79 Å². The van der Waals surface area contributed by atoms with E-state index in [9.17, 15) is 4.79 Å². The lowest BCUT2D eigenvalue weighted by atomic mass is 10.3. The van der Waals surface area contributed by atoms with E-state index in [2.05, 4.69) is 16.5 Å². The van der Waals surface area contributed by atoms with Crippen LogP contribution >= 0.6 is 22.9 Å². The second-order valence-electron chi connectivity index (χ2n) is 3.64. The van der Waals surface area contributed by atoms with Crippen molar-refractivity contribution in [2.24, 2.45) is 0 Å². The fraction of sp³-hybridized carbons (Fsp3) is 0.154. The average molecular weight is 294 g/mol. The monoisotopic (exact) mass is 293 g/mol. The smallest absolute Gasteiger partial charge is 0.251 e. The van der Waals surface area contributed by atoms with Gasteiger partial charge in [0.25, 0.3) is 5.91 Å². The number of hydrogen-bond acceptors (Lipinski definition) is 4. The van der Waals surface area contributed by atoms with E-state index in [0.717, 1.165) is 10.6 Å². The highest BCUT2D eigenvalue weighted by atomic mass is 35.5. The van der Waals surface area contributed by atoms with E-state index in [-0.39, 0.29) is 5.91 Å². The van der Waals surface area contributed by atoms with Gasteiger partial charge in [0.05, 0.1) is 0 Å². The normalized spacial score (nSPS) is 10.2. The maximum atomic E-state index is 11.8. The molecule has 19 heavy (non-hydrogen) atoms. The summed E-state index contributed by atoms with van der Waals surface area (Å²) in [6, 6.07) is 3.73. The first kappa shape index (κ1) is 13.7. The zero-order valence-corrected chi connectivity index (χ0v) is 11.9. The molecule has 0 unspecified atom stereocenters. The van der Waals surface area contributed by atoms with Crippen LogP contribution in [0.2, 0.25) is 5.15 Å². The van der Waals surface area contributed by atoms with Crippen LogP contribution in [0.5, 0.6) is 0 Å². The summed E-state index contributed by atoms with van der Waals surface area (Å²) in [4.78, 5) is 21.6. The van der Waals surface area contributed by atoms with Crippen LogP contribution in [0.15, 0.2) is 37.2 Å². The Morgan fingerprint density at radius 1 is 1.63 bits per heavy atom.